The van der Waals surface area contributed by atoms with Gasteiger partial charge in [-0.15, -0.1) is 11.3 Å². The molecule has 8 heteroatoms. The van der Waals surface area contributed by atoms with Gasteiger partial charge in [0.2, 0.25) is 0 Å². The Bertz CT molecular complexity index is 1270. The Morgan fingerprint density at radius 3 is 2.31 bits per heavy atom. The topological polar surface area (TPSA) is 87.3 Å². The number of hydrogen-bond acceptors (Lipinski definition) is 6. The second-order valence-electron chi connectivity index (χ2n) is 6.80. The maximum absolute atomic E-state index is 12.5. The van der Waals surface area contributed by atoms with Gasteiger partial charge in [0.05, 0.1) is 16.8 Å². The Kier molecular flexibility index (Phi) is 8.88. The van der Waals surface area contributed by atoms with Gasteiger partial charge in [0, 0.05) is 16.8 Å². The van der Waals surface area contributed by atoms with Gasteiger partial charge < -0.3 is 9.72 Å². The van der Waals surface area contributed by atoms with Crippen LogP contribution in [0.4, 0.5) is 5.00 Å². The molecule has 0 aliphatic heterocycles. The van der Waals surface area contributed by atoms with Crippen molar-refractivity contribution in [3.05, 3.63) is 74.9 Å². The molecule has 0 bridgehead atoms. The molecular formula is C24H26N4O2S2. The molecule has 1 N–H and O–H groups in total. The molecule has 4 aromatic heterocycles. The number of amides is 1. The van der Waals surface area contributed by atoms with Crippen LogP contribution in [0.5, 0.6) is 0 Å². The summed E-state index contributed by atoms with van der Waals surface area (Å²) in [7, 11) is 0. The van der Waals surface area contributed by atoms with Crippen molar-refractivity contribution < 1.29 is 9.59 Å². The van der Waals surface area contributed by atoms with E-state index in [1.165, 1.54) is 16.2 Å². The van der Waals surface area contributed by atoms with E-state index >= 15 is 0 Å². The second kappa shape index (κ2) is 11.4. The molecule has 4 aromatic rings. The fourth-order valence-corrected chi connectivity index (χ4v) is 4.18. The van der Waals surface area contributed by atoms with E-state index in [-0.39, 0.29) is 0 Å². The van der Waals surface area contributed by atoms with E-state index in [0.29, 0.717) is 10.6 Å². The van der Waals surface area contributed by atoms with Crippen LogP contribution in [0.15, 0.2) is 42.6 Å². The number of rotatable bonds is 3. The van der Waals surface area contributed by atoms with Gasteiger partial charge in [-0.05, 0) is 81.2 Å². The summed E-state index contributed by atoms with van der Waals surface area (Å²) >= 11 is 2.69. The van der Waals surface area contributed by atoms with E-state index in [1.807, 2.05) is 76.4 Å². The number of aryl methyl sites for hydroxylation is 4. The molecule has 6 nitrogen and oxygen atoms in total. The standard InChI is InChI=1S/C16H15N3O2S.C6H5NS.C2H6/c1-9-4-5-19-11(3)8-12(13(19)6-9)15(20)16(21)17-14-7-10(2)18-22-14;1-5-2-3-6(4-7)8-5;1-2/h4-8H,1-3H3,(H,17,21);2-3H,1H3;1-2H3. The zero-order chi connectivity index (χ0) is 23.8. The summed E-state index contributed by atoms with van der Waals surface area (Å²) in [4.78, 5) is 26.6. The molecule has 0 saturated heterocycles. The summed E-state index contributed by atoms with van der Waals surface area (Å²) < 4.78 is 5.99. The van der Waals surface area contributed by atoms with Crippen LogP contribution in [0.1, 0.15) is 50.9 Å². The van der Waals surface area contributed by atoms with Crippen LogP contribution in [0.3, 0.4) is 0 Å². The Balaban J connectivity index is 0.000000304. The Morgan fingerprint density at radius 2 is 1.78 bits per heavy atom. The number of anilines is 1. The molecule has 0 radical (unpaired) electrons. The molecular weight excluding hydrogens is 440 g/mol. The number of nitrogens with zero attached hydrogens (tertiary/aromatic N) is 3. The van der Waals surface area contributed by atoms with E-state index in [9.17, 15) is 9.59 Å². The Labute approximate surface area is 196 Å². The van der Waals surface area contributed by atoms with E-state index in [2.05, 4.69) is 15.8 Å². The molecule has 0 atom stereocenters. The van der Waals surface area contributed by atoms with Crippen molar-refractivity contribution >= 4 is 45.1 Å². The molecule has 0 spiro atoms. The summed E-state index contributed by atoms with van der Waals surface area (Å²) in [6.45, 7) is 11.7. The zero-order valence-electron chi connectivity index (χ0n) is 19.0. The SMILES string of the molecule is CC.Cc1ccc(C#N)s1.Cc1ccn2c(C)cc(C(=O)C(=O)Nc3cc(C)ns3)c2c1. The number of fused-ring (bicyclic) bond motifs is 1. The highest BCUT2D eigenvalue weighted by atomic mass is 32.1. The average Bonchev–Trinajstić information content (AvgIpc) is 3.48. The Morgan fingerprint density at radius 1 is 1.06 bits per heavy atom. The third-order valence-electron chi connectivity index (χ3n) is 4.29. The molecule has 4 rings (SSSR count). The smallest absolute Gasteiger partial charge is 0.297 e. The highest BCUT2D eigenvalue weighted by Crippen LogP contribution is 2.20. The predicted molar refractivity (Wildman–Crippen MR) is 132 cm³/mol. The summed E-state index contributed by atoms with van der Waals surface area (Å²) in [6, 6.07) is 13.2. The largest absolute Gasteiger partial charge is 0.320 e. The first-order valence-electron chi connectivity index (χ1n) is 10.1. The normalized spacial score (nSPS) is 9.78. The van der Waals surface area contributed by atoms with Gasteiger partial charge in [-0.1, -0.05) is 13.8 Å². The highest BCUT2D eigenvalue weighted by Gasteiger charge is 2.21. The lowest BCUT2D eigenvalue weighted by atomic mass is 10.1. The lowest BCUT2D eigenvalue weighted by Crippen LogP contribution is -2.22. The number of nitriles is 1. The molecule has 166 valence electrons. The third-order valence-corrected chi connectivity index (χ3v) is 5.99. The number of carbonyl (C=O) groups excluding carboxylic acids is 2. The number of hydrogen-bond donors (Lipinski definition) is 1. The van der Waals surface area contributed by atoms with E-state index in [4.69, 9.17) is 5.26 Å². The monoisotopic (exact) mass is 466 g/mol. The molecule has 0 aromatic carbocycles. The van der Waals surface area contributed by atoms with Crippen molar-refractivity contribution in [1.29, 1.82) is 5.26 Å². The van der Waals surface area contributed by atoms with Gasteiger partial charge in [-0.25, -0.2) is 0 Å². The Hall–Kier alpha value is -3.28. The molecule has 0 aliphatic rings. The second-order valence-corrected chi connectivity index (χ2v) is 8.89. The first-order chi connectivity index (χ1) is 15.3. The van der Waals surface area contributed by atoms with Crippen molar-refractivity contribution in [1.82, 2.24) is 8.77 Å². The van der Waals surface area contributed by atoms with Gasteiger partial charge in [0.1, 0.15) is 15.9 Å². The summed E-state index contributed by atoms with van der Waals surface area (Å²) in [5.74, 6) is -1.18. The van der Waals surface area contributed by atoms with Crippen molar-refractivity contribution in [2.45, 2.75) is 41.5 Å². The molecule has 0 saturated carbocycles. The lowest BCUT2D eigenvalue weighted by molar-refractivity contribution is -0.112. The van der Waals surface area contributed by atoms with Gasteiger partial charge in [-0.3, -0.25) is 9.59 Å². The van der Waals surface area contributed by atoms with Crippen LogP contribution in [0, 0.1) is 39.0 Å². The van der Waals surface area contributed by atoms with Gasteiger partial charge in [0.15, 0.2) is 0 Å². The van der Waals surface area contributed by atoms with Crippen molar-refractivity contribution in [2.75, 3.05) is 5.32 Å². The van der Waals surface area contributed by atoms with Crippen molar-refractivity contribution in [3.63, 3.8) is 0 Å². The number of pyridine rings is 1. The number of nitrogens with one attached hydrogen (secondary N) is 1. The number of thiophene rings is 1. The first kappa shape index (κ1) is 25.0. The van der Waals surface area contributed by atoms with E-state index < -0.39 is 11.7 Å². The van der Waals surface area contributed by atoms with Gasteiger partial charge in [0.25, 0.3) is 11.7 Å². The fraction of sp³-hybridized carbons (Fsp3) is 0.250. The van der Waals surface area contributed by atoms with Crippen LogP contribution in [-0.2, 0) is 4.79 Å². The minimum absolute atomic E-state index is 0.417. The van der Waals surface area contributed by atoms with E-state index in [0.717, 1.165) is 38.9 Å². The maximum atomic E-state index is 12.5. The highest BCUT2D eigenvalue weighted by molar-refractivity contribution is 7.12. The average molecular weight is 467 g/mol. The summed E-state index contributed by atoms with van der Waals surface area (Å²) in [5.41, 5.74) is 3.93. The van der Waals surface area contributed by atoms with E-state index in [1.54, 1.807) is 12.1 Å². The molecule has 1 amide bonds. The van der Waals surface area contributed by atoms with Gasteiger partial charge >= 0.3 is 0 Å². The minimum atomic E-state index is -0.641. The van der Waals surface area contributed by atoms with Crippen molar-refractivity contribution in [3.8, 4) is 6.07 Å². The number of carbonyl (C=O) groups is 2. The summed E-state index contributed by atoms with van der Waals surface area (Å²) in [6.07, 6.45) is 1.90. The third kappa shape index (κ3) is 6.13. The van der Waals surface area contributed by atoms with Crippen LogP contribution < -0.4 is 5.32 Å². The summed E-state index contributed by atoms with van der Waals surface area (Å²) in [5, 5.41) is 11.5. The molecule has 0 aliphatic carbocycles. The maximum Gasteiger partial charge on any atom is 0.297 e. The number of ketones is 1. The number of aromatic nitrogens is 2. The predicted octanol–water partition coefficient (Wildman–Crippen LogP) is 6.10. The first-order valence-corrected chi connectivity index (χ1v) is 11.7. The van der Waals surface area contributed by atoms with Gasteiger partial charge in [-0.2, -0.15) is 9.64 Å². The van der Waals surface area contributed by atoms with Crippen LogP contribution >= 0.6 is 22.9 Å². The minimum Gasteiger partial charge on any atom is -0.320 e. The number of Topliss-reactive ketones (excluding diaryl/α,β-unsaturated/α-hetero) is 1. The quantitative estimate of drug-likeness (QED) is 0.292. The molecule has 0 fully saturated rings. The van der Waals surface area contributed by atoms with Crippen LogP contribution in [0.2, 0.25) is 0 Å². The zero-order valence-corrected chi connectivity index (χ0v) is 20.6. The lowest BCUT2D eigenvalue weighted by Gasteiger charge is -2.02. The molecule has 32 heavy (non-hydrogen) atoms. The van der Waals surface area contributed by atoms with Crippen molar-refractivity contribution in [2.24, 2.45) is 0 Å². The molecule has 4 heterocycles. The fourth-order valence-electron chi connectivity index (χ4n) is 2.86. The van der Waals surface area contributed by atoms with Crippen LogP contribution in [-0.4, -0.2) is 20.5 Å². The van der Waals surface area contributed by atoms with Crippen LogP contribution in [0.25, 0.3) is 5.52 Å². The molecule has 0 unspecified atom stereocenters.